The summed E-state index contributed by atoms with van der Waals surface area (Å²) in [4.78, 5) is 0. The van der Waals surface area contributed by atoms with Crippen LogP contribution in [-0.4, -0.2) is 5.16 Å². The van der Waals surface area contributed by atoms with E-state index in [-0.39, 0.29) is 23.5 Å². The molecule has 23 heavy (non-hydrogen) atoms. The lowest BCUT2D eigenvalue weighted by molar-refractivity contribution is -0.137. The summed E-state index contributed by atoms with van der Waals surface area (Å²) in [6.45, 7) is -0.0943. The van der Waals surface area contributed by atoms with E-state index in [2.05, 4.69) is 10.5 Å². The van der Waals surface area contributed by atoms with Crippen LogP contribution in [-0.2, 0) is 12.7 Å². The maximum absolute atomic E-state index is 13.7. The minimum atomic E-state index is -4.60. The van der Waals surface area contributed by atoms with Gasteiger partial charge in [-0.25, -0.2) is 8.78 Å². The third kappa shape index (κ3) is 3.10. The minimum absolute atomic E-state index is 0.0382. The average Bonchev–Trinajstić information content (AvgIpc) is 2.87. The first-order valence-corrected chi connectivity index (χ1v) is 6.49. The summed E-state index contributed by atoms with van der Waals surface area (Å²) in [5.74, 6) is -1.22. The van der Waals surface area contributed by atoms with Crippen molar-refractivity contribution in [3.05, 3.63) is 59.2 Å². The second-order valence-electron chi connectivity index (χ2n) is 4.83. The topological polar surface area (TPSA) is 38.1 Å². The third-order valence-corrected chi connectivity index (χ3v) is 3.26. The van der Waals surface area contributed by atoms with Crippen LogP contribution < -0.4 is 5.32 Å². The molecule has 0 saturated carbocycles. The second-order valence-corrected chi connectivity index (χ2v) is 4.83. The van der Waals surface area contributed by atoms with E-state index in [1.54, 1.807) is 0 Å². The van der Waals surface area contributed by atoms with Gasteiger partial charge < -0.3 is 9.84 Å². The minimum Gasteiger partial charge on any atom is -0.363 e. The number of aromatic nitrogens is 1. The van der Waals surface area contributed by atoms with Crippen LogP contribution in [0.25, 0.3) is 11.0 Å². The van der Waals surface area contributed by atoms with Crippen LogP contribution in [0.5, 0.6) is 0 Å². The van der Waals surface area contributed by atoms with E-state index in [0.29, 0.717) is 11.5 Å². The summed E-state index contributed by atoms with van der Waals surface area (Å²) in [7, 11) is 0. The van der Waals surface area contributed by atoms with E-state index in [0.717, 1.165) is 18.2 Å². The summed E-state index contributed by atoms with van der Waals surface area (Å²) in [6.07, 6.45) is -4.60. The molecule has 3 aromatic rings. The van der Waals surface area contributed by atoms with Crippen LogP contribution in [0.15, 0.2) is 40.9 Å². The fraction of sp³-hybridized carbons (Fsp3) is 0.133. The molecule has 0 aliphatic rings. The zero-order chi connectivity index (χ0) is 16.6. The smallest absolute Gasteiger partial charge is 0.363 e. The standard InChI is InChI=1S/C15H9F5N2O/c16-10-3-4-11-13(6-10)23-22-14(11)21-7-8-1-2-9(5-12(8)17)15(18,19)20/h1-6H,7H2,(H,21,22). The molecule has 0 bridgehead atoms. The molecule has 0 aliphatic carbocycles. The molecule has 0 aliphatic heterocycles. The van der Waals surface area contributed by atoms with Gasteiger partial charge in [0.05, 0.1) is 10.9 Å². The molecule has 0 fully saturated rings. The van der Waals surface area contributed by atoms with Crippen molar-refractivity contribution in [1.29, 1.82) is 0 Å². The first-order valence-electron chi connectivity index (χ1n) is 6.49. The highest BCUT2D eigenvalue weighted by molar-refractivity contribution is 5.87. The van der Waals surface area contributed by atoms with Crippen LogP contribution in [0.4, 0.5) is 27.8 Å². The average molecular weight is 328 g/mol. The molecule has 0 radical (unpaired) electrons. The number of benzene rings is 2. The van der Waals surface area contributed by atoms with Gasteiger partial charge in [0.15, 0.2) is 11.4 Å². The van der Waals surface area contributed by atoms with Gasteiger partial charge in [-0.1, -0.05) is 11.2 Å². The first kappa shape index (κ1) is 15.3. The summed E-state index contributed by atoms with van der Waals surface area (Å²) in [5, 5.41) is 6.92. The Morgan fingerprint density at radius 2 is 1.83 bits per heavy atom. The van der Waals surface area contributed by atoms with Crippen molar-refractivity contribution in [2.24, 2.45) is 0 Å². The predicted octanol–water partition coefficient (Wildman–Crippen LogP) is 4.74. The number of anilines is 1. The van der Waals surface area contributed by atoms with Gasteiger partial charge in [0.25, 0.3) is 0 Å². The number of nitrogens with zero attached hydrogens (tertiary/aromatic N) is 1. The van der Waals surface area contributed by atoms with E-state index in [9.17, 15) is 22.0 Å². The summed E-state index contributed by atoms with van der Waals surface area (Å²) >= 11 is 0. The van der Waals surface area contributed by atoms with E-state index in [1.807, 2.05) is 0 Å². The van der Waals surface area contributed by atoms with Crippen molar-refractivity contribution >= 4 is 16.8 Å². The van der Waals surface area contributed by atoms with Crippen molar-refractivity contribution in [3.8, 4) is 0 Å². The highest BCUT2D eigenvalue weighted by atomic mass is 19.4. The molecule has 120 valence electrons. The van der Waals surface area contributed by atoms with Crippen molar-refractivity contribution in [3.63, 3.8) is 0 Å². The number of nitrogens with one attached hydrogen (secondary N) is 1. The molecule has 3 nitrogen and oxygen atoms in total. The molecule has 1 N–H and O–H groups in total. The zero-order valence-electron chi connectivity index (χ0n) is 11.4. The van der Waals surface area contributed by atoms with Gasteiger partial charge in [0.1, 0.15) is 11.6 Å². The largest absolute Gasteiger partial charge is 0.416 e. The van der Waals surface area contributed by atoms with Gasteiger partial charge in [0.2, 0.25) is 0 Å². The maximum atomic E-state index is 13.7. The summed E-state index contributed by atoms with van der Waals surface area (Å²) in [5.41, 5.74) is -0.808. The van der Waals surface area contributed by atoms with E-state index >= 15 is 0 Å². The summed E-state index contributed by atoms with van der Waals surface area (Å²) in [6, 6.07) is 6.08. The van der Waals surface area contributed by atoms with Gasteiger partial charge in [-0.3, -0.25) is 0 Å². The Morgan fingerprint density at radius 1 is 1.04 bits per heavy atom. The Morgan fingerprint density at radius 3 is 2.52 bits per heavy atom. The highest BCUT2D eigenvalue weighted by Crippen LogP contribution is 2.30. The van der Waals surface area contributed by atoms with Gasteiger partial charge in [0, 0.05) is 18.2 Å². The van der Waals surface area contributed by atoms with Crippen LogP contribution in [0, 0.1) is 11.6 Å². The number of hydrogen-bond donors (Lipinski definition) is 1. The molecular weight excluding hydrogens is 319 g/mol. The number of halogens is 5. The molecule has 0 amide bonds. The molecule has 1 heterocycles. The van der Waals surface area contributed by atoms with Gasteiger partial charge in [-0.2, -0.15) is 13.2 Å². The predicted molar refractivity (Wildman–Crippen MR) is 72.7 cm³/mol. The van der Waals surface area contributed by atoms with Gasteiger partial charge in [-0.05, 0) is 24.3 Å². The highest BCUT2D eigenvalue weighted by Gasteiger charge is 2.31. The van der Waals surface area contributed by atoms with Crippen LogP contribution in [0.1, 0.15) is 11.1 Å². The van der Waals surface area contributed by atoms with Gasteiger partial charge in [-0.15, -0.1) is 0 Å². The third-order valence-electron chi connectivity index (χ3n) is 3.26. The van der Waals surface area contributed by atoms with Crippen molar-refractivity contribution < 1.29 is 26.5 Å². The molecule has 0 spiro atoms. The Bertz CT molecular complexity index is 857. The molecule has 0 saturated heterocycles. The van der Waals surface area contributed by atoms with Crippen LogP contribution in [0.3, 0.4) is 0 Å². The lowest BCUT2D eigenvalue weighted by Gasteiger charge is -2.09. The molecule has 1 aromatic heterocycles. The number of hydrogen-bond acceptors (Lipinski definition) is 3. The molecular formula is C15H9F5N2O. The Hall–Kier alpha value is -2.64. The Labute approximate surface area is 126 Å². The van der Waals surface area contributed by atoms with E-state index < -0.39 is 23.4 Å². The molecule has 3 rings (SSSR count). The van der Waals surface area contributed by atoms with Crippen LogP contribution in [0.2, 0.25) is 0 Å². The normalized spacial score (nSPS) is 11.9. The maximum Gasteiger partial charge on any atom is 0.416 e. The number of fused-ring (bicyclic) bond motifs is 1. The second kappa shape index (κ2) is 5.53. The number of rotatable bonds is 3. The number of alkyl halides is 3. The first-order chi connectivity index (χ1) is 10.8. The molecule has 0 unspecified atom stereocenters. The van der Waals surface area contributed by atoms with Crippen molar-refractivity contribution in [2.45, 2.75) is 12.7 Å². The fourth-order valence-electron chi connectivity index (χ4n) is 2.08. The summed E-state index contributed by atoms with van der Waals surface area (Å²) < 4.78 is 69.1. The monoisotopic (exact) mass is 328 g/mol. The fourth-order valence-corrected chi connectivity index (χ4v) is 2.08. The molecule has 8 heteroatoms. The quantitative estimate of drug-likeness (QED) is 0.706. The lowest BCUT2D eigenvalue weighted by Crippen LogP contribution is -2.08. The lowest BCUT2D eigenvalue weighted by atomic mass is 10.1. The van der Waals surface area contributed by atoms with Gasteiger partial charge >= 0.3 is 6.18 Å². The van der Waals surface area contributed by atoms with E-state index in [4.69, 9.17) is 4.52 Å². The van der Waals surface area contributed by atoms with Crippen molar-refractivity contribution in [2.75, 3.05) is 5.32 Å². The van der Waals surface area contributed by atoms with Crippen molar-refractivity contribution in [1.82, 2.24) is 5.16 Å². The van der Waals surface area contributed by atoms with Crippen LogP contribution >= 0.6 is 0 Å². The Balaban J connectivity index is 1.80. The SMILES string of the molecule is Fc1ccc2c(NCc3ccc(C(F)(F)F)cc3F)noc2c1. The zero-order valence-corrected chi connectivity index (χ0v) is 11.4. The van der Waals surface area contributed by atoms with E-state index in [1.165, 1.54) is 12.1 Å². The molecule has 0 atom stereocenters. The Kier molecular flexibility index (Phi) is 3.67. The molecule has 2 aromatic carbocycles.